The van der Waals surface area contributed by atoms with Gasteiger partial charge in [-0.05, 0) is 17.7 Å². The molecule has 3 aliphatic rings. The number of nitrogens with one attached hydrogen (secondary N) is 1. The van der Waals surface area contributed by atoms with Crippen LogP contribution < -0.4 is 5.32 Å². The molecule has 1 N–H and O–H groups in total. The van der Waals surface area contributed by atoms with Crippen molar-refractivity contribution < 1.29 is 71.3 Å². The van der Waals surface area contributed by atoms with Crippen LogP contribution in [0, 0.1) is 0 Å². The third-order valence-corrected chi connectivity index (χ3v) is 9.55. The van der Waals surface area contributed by atoms with Crippen LogP contribution in [0.2, 0.25) is 5.02 Å². The molecule has 0 radical (unpaired) electrons. The number of rotatable bonds is 12. The van der Waals surface area contributed by atoms with Gasteiger partial charge in [0.25, 0.3) is 0 Å². The number of halogens is 2. The maximum absolute atomic E-state index is 12.6. The normalized spacial score (nSPS) is 30.6. The van der Waals surface area contributed by atoms with Crippen LogP contribution in [-0.2, 0) is 77.9 Å². The second-order valence-corrected chi connectivity index (χ2v) is 13.9. The Kier molecular flexibility index (Phi) is 14.6. The van der Waals surface area contributed by atoms with Gasteiger partial charge in [-0.15, -0.1) is 0 Å². The summed E-state index contributed by atoms with van der Waals surface area (Å²) >= 11 is 8.28. The van der Waals surface area contributed by atoms with E-state index in [0.29, 0.717) is 21.8 Å². The van der Waals surface area contributed by atoms with Crippen molar-refractivity contribution in [2.24, 2.45) is 0 Å². The third-order valence-electron chi connectivity index (χ3n) is 8.35. The molecule has 5 rings (SSSR count). The smallest absolute Gasteiger partial charge is 0.303 e. The Morgan fingerprint density at radius 2 is 1.37 bits per heavy atom. The molecule has 3 heterocycles. The van der Waals surface area contributed by atoms with Gasteiger partial charge in [-0.3, -0.25) is 24.0 Å². The first-order valence-electron chi connectivity index (χ1n) is 16.9. The summed E-state index contributed by atoms with van der Waals surface area (Å²) in [5.74, 6) is -3.23. The molecule has 0 saturated carbocycles. The molecule has 3 saturated heterocycles. The summed E-state index contributed by atoms with van der Waals surface area (Å²) in [5, 5.41) is 2.95. The predicted molar refractivity (Wildman–Crippen MR) is 194 cm³/mol. The Morgan fingerprint density at radius 1 is 0.759 bits per heavy atom. The van der Waals surface area contributed by atoms with Crippen LogP contribution in [-0.4, -0.2) is 102 Å². The summed E-state index contributed by atoms with van der Waals surface area (Å²) in [6.45, 7) is 5.92. The maximum Gasteiger partial charge on any atom is 0.303 e. The molecule has 54 heavy (non-hydrogen) atoms. The van der Waals surface area contributed by atoms with E-state index in [1.807, 2.05) is 52.9 Å². The number of alkyl halides is 1. The van der Waals surface area contributed by atoms with Gasteiger partial charge < -0.3 is 52.7 Å². The lowest BCUT2D eigenvalue weighted by Crippen LogP contribution is -2.67. The average molecular weight is 890 g/mol. The van der Waals surface area contributed by atoms with Gasteiger partial charge in [0.1, 0.15) is 18.3 Å². The highest BCUT2D eigenvalue weighted by Crippen LogP contribution is 2.39. The molecule has 11 atom stereocenters. The number of carbonyl (C=O) groups excluding carboxylic acids is 5. The summed E-state index contributed by atoms with van der Waals surface area (Å²) < 4.78 is 60.6. The molecule has 0 aromatic heterocycles. The van der Waals surface area contributed by atoms with Crippen molar-refractivity contribution in [3.05, 3.63) is 64.7 Å². The highest BCUT2D eigenvalue weighted by molar-refractivity contribution is 14.1. The average Bonchev–Trinajstić information content (AvgIpc) is 3.11. The third kappa shape index (κ3) is 10.7. The first-order valence-corrected chi connectivity index (χ1v) is 18.8. The molecule has 294 valence electrons. The number of fused-ring (bicyclic) bond motifs is 1. The molecule has 18 heteroatoms. The van der Waals surface area contributed by atoms with Gasteiger partial charge in [0.2, 0.25) is 5.91 Å². The minimum Gasteiger partial charge on any atom is -0.455 e. The van der Waals surface area contributed by atoms with Crippen LogP contribution in [0.1, 0.15) is 52.0 Å². The van der Waals surface area contributed by atoms with Crippen molar-refractivity contribution in [2.45, 2.75) is 109 Å². The monoisotopic (exact) mass is 889 g/mol. The van der Waals surface area contributed by atoms with E-state index >= 15 is 0 Å². The fourth-order valence-electron chi connectivity index (χ4n) is 6.30. The van der Waals surface area contributed by atoms with E-state index in [1.165, 1.54) is 27.7 Å². The first-order chi connectivity index (χ1) is 25.7. The first kappa shape index (κ1) is 41.7. The zero-order valence-corrected chi connectivity index (χ0v) is 32.9. The number of esters is 4. The Bertz CT molecular complexity index is 1670. The zero-order chi connectivity index (χ0) is 39.1. The quantitative estimate of drug-likeness (QED) is 0.140. The summed E-state index contributed by atoms with van der Waals surface area (Å²) in [5.41, 5.74) is 1.64. The van der Waals surface area contributed by atoms with E-state index in [1.54, 1.807) is 18.2 Å². The van der Waals surface area contributed by atoms with Crippen LogP contribution in [0.15, 0.2) is 48.5 Å². The number of carbonyl (C=O) groups is 5. The van der Waals surface area contributed by atoms with E-state index in [2.05, 4.69) is 5.32 Å². The molecule has 1 amide bonds. The van der Waals surface area contributed by atoms with E-state index in [9.17, 15) is 24.0 Å². The van der Waals surface area contributed by atoms with Crippen LogP contribution in [0.5, 0.6) is 0 Å². The summed E-state index contributed by atoms with van der Waals surface area (Å²) in [4.78, 5) is 61.7. The predicted octanol–water partition coefficient (Wildman–Crippen LogP) is 3.93. The summed E-state index contributed by atoms with van der Waals surface area (Å²) in [6.07, 6.45) is -12.9. The minimum atomic E-state index is -1.46. The van der Waals surface area contributed by atoms with Crippen LogP contribution >= 0.6 is 34.2 Å². The fraction of sp³-hybridized carbons (Fsp3) is 0.528. The SMILES string of the molecule is CC(=O)Nc1cc(CO[C@@H]2O[C@H](CI)[C@@H](O[C@H]3O[C@@H]4CO[C@@H](c5ccccc5)O[C@H]4[C@H](OC(C)=O)[C@H]3OC(C)=O)[C@H](OC(C)=O)[C@H]2OC(C)=O)ccc1Cl. The number of hydrogen-bond acceptors (Lipinski definition) is 15. The Hall–Kier alpha value is -3.43. The lowest BCUT2D eigenvalue weighted by Gasteiger charge is -2.50. The van der Waals surface area contributed by atoms with Crippen molar-refractivity contribution in [1.82, 2.24) is 0 Å². The molecule has 0 unspecified atom stereocenters. The van der Waals surface area contributed by atoms with Crippen molar-refractivity contribution in [3.63, 3.8) is 0 Å². The van der Waals surface area contributed by atoms with Crippen LogP contribution in [0.4, 0.5) is 5.69 Å². The fourth-order valence-corrected chi connectivity index (χ4v) is 7.18. The minimum absolute atomic E-state index is 0.0285. The van der Waals surface area contributed by atoms with E-state index in [0.717, 1.165) is 6.92 Å². The lowest BCUT2D eigenvalue weighted by molar-refractivity contribution is -0.384. The van der Waals surface area contributed by atoms with Gasteiger partial charge in [0, 0.05) is 44.6 Å². The topological polar surface area (TPSA) is 190 Å². The Labute approximate surface area is 329 Å². The van der Waals surface area contributed by atoms with Crippen molar-refractivity contribution >= 4 is 69.7 Å². The Balaban J connectivity index is 1.44. The molecule has 3 fully saturated rings. The molecule has 3 aliphatic heterocycles. The van der Waals surface area contributed by atoms with Crippen molar-refractivity contribution in [1.29, 1.82) is 0 Å². The number of anilines is 1. The number of amides is 1. The largest absolute Gasteiger partial charge is 0.455 e. The molecular formula is C36H41ClINO15. The molecule has 2 aromatic carbocycles. The molecule has 16 nitrogen and oxygen atoms in total. The second kappa shape index (κ2) is 18.9. The maximum atomic E-state index is 12.6. The molecule has 0 bridgehead atoms. The highest BCUT2D eigenvalue weighted by Gasteiger charge is 2.57. The van der Waals surface area contributed by atoms with Crippen molar-refractivity contribution in [3.8, 4) is 0 Å². The van der Waals surface area contributed by atoms with Crippen molar-refractivity contribution in [2.75, 3.05) is 16.4 Å². The van der Waals surface area contributed by atoms with Gasteiger partial charge >= 0.3 is 23.9 Å². The standard InChI is InChI=1S/C36H41ClINO15/c1-17(40)39-25-13-22(11-12-24(25)37)15-45-35-32(49-20(4)43)30(47-18(2)41)28(26(14-38)51-35)54-36-33(50-21(5)44)31(48-19(3)42)29-27(52-36)16-46-34(53-29)23-9-7-6-8-10-23/h6-13,26-36H,14-16H2,1-5H3,(H,39,40)/t26-,27-,28-,29-,30+,31+,32-,33-,34-,35-,36-/m1/s1. The summed E-state index contributed by atoms with van der Waals surface area (Å²) in [6, 6.07) is 14.0. The highest BCUT2D eigenvalue weighted by atomic mass is 127. The molecule has 0 aliphatic carbocycles. The Morgan fingerprint density at radius 3 is 1.98 bits per heavy atom. The molecule has 0 spiro atoms. The lowest BCUT2D eigenvalue weighted by atomic mass is 9.95. The van der Waals surface area contributed by atoms with Crippen LogP contribution in [0.3, 0.4) is 0 Å². The van der Waals surface area contributed by atoms with E-state index < -0.39 is 91.6 Å². The second-order valence-electron chi connectivity index (χ2n) is 12.6. The van der Waals surface area contributed by atoms with E-state index in [4.69, 9.17) is 59.0 Å². The van der Waals surface area contributed by atoms with Gasteiger partial charge in [0.15, 0.2) is 43.3 Å². The van der Waals surface area contributed by atoms with Gasteiger partial charge in [0.05, 0.1) is 30.0 Å². The van der Waals surface area contributed by atoms with Gasteiger partial charge in [-0.2, -0.15) is 0 Å². The van der Waals surface area contributed by atoms with Crippen LogP contribution in [0.25, 0.3) is 0 Å². The van der Waals surface area contributed by atoms with Gasteiger partial charge in [-0.1, -0.05) is 70.6 Å². The summed E-state index contributed by atoms with van der Waals surface area (Å²) in [7, 11) is 0. The zero-order valence-electron chi connectivity index (χ0n) is 30.0. The number of hydrogen-bond donors (Lipinski definition) is 1. The number of benzene rings is 2. The number of ether oxygens (including phenoxy) is 10. The van der Waals surface area contributed by atoms with E-state index in [-0.39, 0.29) is 23.5 Å². The molecular weight excluding hydrogens is 849 g/mol. The molecule has 2 aromatic rings. The van der Waals surface area contributed by atoms with Gasteiger partial charge in [-0.25, -0.2) is 0 Å².